The van der Waals surface area contributed by atoms with E-state index in [0.717, 1.165) is 0 Å². The summed E-state index contributed by atoms with van der Waals surface area (Å²) < 4.78 is 2.97. The van der Waals surface area contributed by atoms with Gasteiger partial charge in [-0.2, -0.15) is 9.78 Å². The standard InChI is InChI=1S/C22H14N14/c23-9-13-2-1-3-14(8-13)19-18(15-4-6-25-11-27-15)21-29-17(32-36(21)22(24)30-19)10-35-20(31-33-34-35)16-5-7-26-12-28-16/h1-8,11-12H,10H2,(H2,24,30). The van der Waals surface area contributed by atoms with Crippen LogP contribution in [0.2, 0.25) is 0 Å². The van der Waals surface area contributed by atoms with Gasteiger partial charge in [0.05, 0.1) is 28.6 Å². The molecule has 0 spiro atoms. The van der Waals surface area contributed by atoms with Crippen LogP contribution in [0.25, 0.3) is 39.7 Å². The highest BCUT2D eigenvalue weighted by atomic mass is 15.5. The summed E-state index contributed by atoms with van der Waals surface area (Å²) >= 11 is 0. The van der Waals surface area contributed by atoms with Crippen molar-refractivity contribution in [3.63, 3.8) is 0 Å². The monoisotopic (exact) mass is 474 g/mol. The Morgan fingerprint density at radius 3 is 2.53 bits per heavy atom. The molecule has 0 aliphatic carbocycles. The van der Waals surface area contributed by atoms with Crippen molar-refractivity contribution in [3.8, 4) is 40.1 Å². The smallest absolute Gasteiger partial charge is 0.223 e. The maximum Gasteiger partial charge on any atom is 0.223 e. The van der Waals surface area contributed by atoms with Crippen LogP contribution in [0, 0.1) is 11.3 Å². The highest BCUT2D eigenvalue weighted by Crippen LogP contribution is 2.34. The van der Waals surface area contributed by atoms with Crippen molar-refractivity contribution in [1.82, 2.24) is 59.7 Å². The van der Waals surface area contributed by atoms with Crippen LogP contribution >= 0.6 is 0 Å². The van der Waals surface area contributed by atoms with Gasteiger partial charge in [-0.1, -0.05) is 12.1 Å². The number of hydrogen-bond acceptors (Lipinski definition) is 12. The number of anilines is 1. The molecule has 172 valence electrons. The van der Waals surface area contributed by atoms with Crippen molar-refractivity contribution in [2.24, 2.45) is 0 Å². The second kappa shape index (κ2) is 8.57. The zero-order chi connectivity index (χ0) is 24.5. The second-order valence-electron chi connectivity index (χ2n) is 7.50. The lowest BCUT2D eigenvalue weighted by molar-refractivity contribution is 0.627. The third-order valence-corrected chi connectivity index (χ3v) is 5.29. The first-order valence-electron chi connectivity index (χ1n) is 10.6. The molecule has 6 aromatic rings. The fourth-order valence-corrected chi connectivity index (χ4v) is 3.74. The summed E-state index contributed by atoms with van der Waals surface area (Å²) in [5.74, 6) is 0.948. The molecule has 0 atom stereocenters. The van der Waals surface area contributed by atoms with Crippen molar-refractivity contribution in [2.75, 3.05) is 5.73 Å². The first kappa shape index (κ1) is 20.9. The molecule has 0 amide bonds. The van der Waals surface area contributed by atoms with Crippen molar-refractivity contribution in [3.05, 3.63) is 72.8 Å². The van der Waals surface area contributed by atoms with Crippen LogP contribution in [0.5, 0.6) is 0 Å². The summed E-state index contributed by atoms with van der Waals surface area (Å²) in [6.07, 6.45) is 6.08. The highest BCUT2D eigenvalue weighted by Gasteiger charge is 2.22. The number of fused-ring (bicyclic) bond motifs is 1. The molecule has 0 saturated heterocycles. The Morgan fingerprint density at radius 2 is 1.78 bits per heavy atom. The van der Waals surface area contributed by atoms with E-state index in [0.29, 0.717) is 51.1 Å². The molecule has 0 bridgehead atoms. The fourth-order valence-electron chi connectivity index (χ4n) is 3.74. The number of aromatic nitrogens is 12. The molecule has 0 radical (unpaired) electrons. The number of nitrogens with zero attached hydrogens (tertiary/aromatic N) is 13. The van der Waals surface area contributed by atoms with Crippen LogP contribution in [-0.2, 0) is 6.54 Å². The average molecular weight is 474 g/mol. The zero-order valence-electron chi connectivity index (χ0n) is 18.4. The van der Waals surface area contributed by atoms with Crippen LogP contribution in [0.4, 0.5) is 5.95 Å². The Bertz CT molecular complexity index is 1730. The molecule has 36 heavy (non-hydrogen) atoms. The minimum Gasteiger partial charge on any atom is -0.368 e. The first-order valence-corrected chi connectivity index (χ1v) is 10.6. The Kier molecular flexibility index (Phi) is 4.97. The van der Waals surface area contributed by atoms with Gasteiger partial charge in [-0.05, 0) is 34.7 Å². The summed E-state index contributed by atoms with van der Waals surface area (Å²) in [5.41, 5.74) is 10.1. The molecule has 0 fully saturated rings. The SMILES string of the molecule is N#Cc1cccc(-c2nc(N)n3nc(Cn4nnnc4-c4ccncn4)nc3c2-c2ccncn2)c1. The quantitative estimate of drug-likeness (QED) is 0.376. The molecule has 1 aromatic carbocycles. The van der Waals surface area contributed by atoms with Gasteiger partial charge in [-0.25, -0.2) is 34.6 Å². The fraction of sp³-hybridized carbons (Fsp3) is 0.0455. The predicted molar refractivity (Wildman–Crippen MR) is 124 cm³/mol. The van der Waals surface area contributed by atoms with Gasteiger partial charge in [-0.3, -0.25) is 0 Å². The van der Waals surface area contributed by atoms with Gasteiger partial charge in [-0.15, -0.1) is 10.2 Å². The average Bonchev–Trinajstić information content (AvgIpc) is 3.57. The van der Waals surface area contributed by atoms with E-state index >= 15 is 0 Å². The predicted octanol–water partition coefficient (Wildman–Crippen LogP) is 1.19. The van der Waals surface area contributed by atoms with E-state index in [9.17, 15) is 5.26 Å². The first-order chi connectivity index (χ1) is 17.7. The van der Waals surface area contributed by atoms with Gasteiger partial charge in [0.15, 0.2) is 11.5 Å². The molecule has 2 N–H and O–H groups in total. The summed E-state index contributed by atoms with van der Waals surface area (Å²) in [5, 5.41) is 25.8. The molecule has 5 heterocycles. The van der Waals surface area contributed by atoms with E-state index in [1.54, 1.807) is 42.7 Å². The molecule has 0 aliphatic heterocycles. The summed E-state index contributed by atoms with van der Waals surface area (Å²) in [6.45, 7) is 0.149. The number of nitrogens with two attached hydrogens (primary N) is 1. The Labute approximate surface area is 202 Å². The number of benzene rings is 1. The molecule has 5 aromatic heterocycles. The summed E-state index contributed by atoms with van der Waals surface area (Å²) in [4.78, 5) is 25.9. The lowest BCUT2D eigenvalue weighted by atomic mass is 10.0. The van der Waals surface area contributed by atoms with E-state index in [2.05, 4.69) is 51.6 Å². The normalized spacial score (nSPS) is 11.0. The number of nitrogen functional groups attached to an aromatic ring is 1. The molecular weight excluding hydrogens is 460 g/mol. The molecule has 0 saturated carbocycles. The van der Waals surface area contributed by atoms with E-state index < -0.39 is 0 Å². The Morgan fingerprint density at radius 1 is 0.972 bits per heavy atom. The van der Waals surface area contributed by atoms with E-state index in [1.807, 2.05) is 6.07 Å². The number of rotatable bonds is 5. The summed E-state index contributed by atoms with van der Waals surface area (Å²) in [7, 11) is 0. The minimum atomic E-state index is 0.117. The molecule has 14 nitrogen and oxygen atoms in total. The maximum atomic E-state index is 9.38. The van der Waals surface area contributed by atoms with E-state index in [4.69, 9.17) is 10.7 Å². The molecule has 14 heteroatoms. The lowest BCUT2D eigenvalue weighted by Gasteiger charge is -2.11. The molecule has 0 unspecified atom stereocenters. The third-order valence-electron chi connectivity index (χ3n) is 5.29. The molecular formula is C22H14N14. The van der Waals surface area contributed by atoms with Crippen molar-refractivity contribution in [1.29, 1.82) is 5.26 Å². The number of nitriles is 1. The van der Waals surface area contributed by atoms with Crippen LogP contribution in [0.15, 0.2) is 61.4 Å². The Balaban J connectivity index is 1.52. The van der Waals surface area contributed by atoms with E-state index in [-0.39, 0.29) is 12.5 Å². The van der Waals surface area contributed by atoms with Crippen LogP contribution in [0.1, 0.15) is 11.4 Å². The molecule has 6 rings (SSSR count). The van der Waals surface area contributed by atoms with Crippen molar-refractivity contribution < 1.29 is 0 Å². The number of hydrogen-bond donors (Lipinski definition) is 1. The van der Waals surface area contributed by atoms with Gasteiger partial charge in [0.2, 0.25) is 11.8 Å². The van der Waals surface area contributed by atoms with Crippen LogP contribution < -0.4 is 5.73 Å². The van der Waals surface area contributed by atoms with Gasteiger partial charge in [0.1, 0.15) is 24.9 Å². The molecule has 0 aliphatic rings. The minimum absolute atomic E-state index is 0.117. The van der Waals surface area contributed by atoms with Gasteiger partial charge in [0.25, 0.3) is 0 Å². The van der Waals surface area contributed by atoms with Gasteiger partial charge >= 0.3 is 0 Å². The van der Waals surface area contributed by atoms with Gasteiger partial charge < -0.3 is 5.73 Å². The maximum absolute atomic E-state index is 9.38. The van der Waals surface area contributed by atoms with Gasteiger partial charge in [0, 0.05) is 18.0 Å². The third kappa shape index (κ3) is 3.62. The van der Waals surface area contributed by atoms with E-state index in [1.165, 1.54) is 21.9 Å². The number of tetrazole rings is 1. The van der Waals surface area contributed by atoms with Crippen molar-refractivity contribution in [2.45, 2.75) is 6.54 Å². The van der Waals surface area contributed by atoms with Crippen molar-refractivity contribution >= 4 is 11.6 Å². The second-order valence-corrected chi connectivity index (χ2v) is 7.50. The topological polar surface area (TPSA) is 188 Å². The van der Waals surface area contributed by atoms with Crippen LogP contribution in [-0.4, -0.2) is 59.7 Å². The highest BCUT2D eigenvalue weighted by molar-refractivity contribution is 5.89. The lowest BCUT2D eigenvalue weighted by Crippen LogP contribution is -2.08. The Hall–Kier alpha value is -5.71. The zero-order valence-corrected chi connectivity index (χ0v) is 18.4. The summed E-state index contributed by atoms with van der Waals surface area (Å²) in [6, 6.07) is 12.7. The largest absolute Gasteiger partial charge is 0.368 e. The van der Waals surface area contributed by atoms with Crippen LogP contribution in [0.3, 0.4) is 0 Å².